The molecule has 2 aliphatic rings. The van der Waals surface area contributed by atoms with Crippen LogP contribution >= 0.6 is 0 Å². The molecule has 1 amide bonds. The highest BCUT2D eigenvalue weighted by Gasteiger charge is 2.47. The summed E-state index contributed by atoms with van der Waals surface area (Å²) in [5, 5.41) is 3.13. The molecule has 0 aromatic heterocycles. The number of hydrogen-bond acceptors (Lipinski definition) is 2. The smallest absolute Gasteiger partial charge is 0.316 e. The lowest BCUT2D eigenvalue weighted by atomic mass is 10.0. The molecule has 2 rings (SSSR count). The first kappa shape index (κ1) is 14.6. The van der Waals surface area contributed by atoms with Gasteiger partial charge in [0.15, 0.2) is 0 Å². The summed E-state index contributed by atoms with van der Waals surface area (Å²) in [7, 11) is 0. The molecule has 2 fully saturated rings. The van der Waals surface area contributed by atoms with Gasteiger partial charge in [0, 0.05) is 0 Å². The summed E-state index contributed by atoms with van der Waals surface area (Å²) >= 11 is 0. The van der Waals surface area contributed by atoms with Crippen molar-refractivity contribution in [1.29, 1.82) is 0 Å². The van der Waals surface area contributed by atoms with E-state index in [0.717, 1.165) is 30.6 Å². The number of alkyl halides is 3. The number of hydrogen-bond donors (Lipinski definition) is 1. The van der Waals surface area contributed by atoms with Gasteiger partial charge in [-0.2, -0.15) is 13.2 Å². The lowest BCUT2D eigenvalue weighted by Crippen LogP contribution is -2.46. The molecule has 0 radical (unpaired) electrons. The Morgan fingerprint density at radius 2 is 1.89 bits per heavy atom. The molecule has 0 bridgehead atoms. The van der Waals surface area contributed by atoms with Crippen LogP contribution in [0.3, 0.4) is 0 Å². The zero-order valence-corrected chi connectivity index (χ0v) is 11.3. The van der Waals surface area contributed by atoms with E-state index in [-0.39, 0.29) is 11.8 Å². The lowest BCUT2D eigenvalue weighted by Gasteiger charge is -2.29. The zero-order chi connectivity index (χ0) is 14.2. The lowest BCUT2D eigenvalue weighted by molar-refractivity contribution is -0.163. The fourth-order valence-electron chi connectivity index (χ4n) is 3.17. The molecule has 1 saturated heterocycles. The molecule has 1 aliphatic heterocycles. The first-order chi connectivity index (χ1) is 8.79. The second-order valence-corrected chi connectivity index (χ2v) is 5.96. The van der Waals surface area contributed by atoms with Crippen LogP contribution in [0.1, 0.15) is 39.5 Å². The third-order valence-electron chi connectivity index (χ3n) is 4.10. The molecular formula is C13H21F3N2O. The predicted octanol–water partition coefficient (Wildman–Crippen LogP) is 2.52. The van der Waals surface area contributed by atoms with Gasteiger partial charge in [-0.3, -0.25) is 10.1 Å². The Morgan fingerprint density at radius 1 is 1.32 bits per heavy atom. The molecule has 1 heterocycles. The number of rotatable bonds is 3. The molecule has 1 saturated carbocycles. The van der Waals surface area contributed by atoms with Gasteiger partial charge >= 0.3 is 6.18 Å². The molecule has 19 heavy (non-hydrogen) atoms. The molecule has 0 aromatic carbocycles. The Labute approximate surface area is 111 Å². The van der Waals surface area contributed by atoms with Crippen LogP contribution in [-0.4, -0.2) is 35.7 Å². The molecule has 2 atom stereocenters. The minimum Gasteiger partial charge on any atom is -0.316 e. The summed E-state index contributed by atoms with van der Waals surface area (Å²) in [6, 6.07) is -0.479. The van der Waals surface area contributed by atoms with Crippen LogP contribution in [0.2, 0.25) is 0 Å². The van der Waals surface area contributed by atoms with Crippen LogP contribution in [0.25, 0.3) is 0 Å². The number of carbonyl (C=O) groups is 1. The van der Waals surface area contributed by atoms with E-state index < -0.39 is 30.8 Å². The quantitative estimate of drug-likeness (QED) is 0.860. The van der Waals surface area contributed by atoms with Gasteiger partial charge in [0.05, 0.1) is 12.2 Å². The SMILES string of the molecule is CC(C)C1NC(C2CCCC2)N(CC(F)(F)F)C1=O. The minimum atomic E-state index is -4.33. The average molecular weight is 278 g/mol. The second-order valence-electron chi connectivity index (χ2n) is 5.96. The summed E-state index contributed by atoms with van der Waals surface area (Å²) in [4.78, 5) is 13.2. The fourth-order valence-corrected chi connectivity index (χ4v) is 3.17. The molecule has 1 N–H and O–H groups in total. The van der Waals surface area contributed by atoms with Crippen LogP contribution in [0.5, 0.6) is 0 Å². The fraction of sp³-hybridized carbons (Fsp3) is 0.923. The molecule has 0 aromatic rings. The Morgan fingerprint density at radius 3 is 2.37 bits per heavy atom. The summed E-state index contributed by atoms with van der Waals surface area (Å²) in [5.41, 5.74) is 0. The maximum Gasteiger partial charge on any atom is 0.406 e. The van der Waals surface area contributed by atoms with Crippen molar-refractivity contribution in [3.63, 3.8) is 0 Å². The highest BCUT2D eigenvalue weighted by Crippen LogP contribution is 2.34. The number of amides is 1. The standard InChI is InChI=1S/C13H21F3N2O/c1-8(2)10-12(19)18(7-13(14,15)16)11(17-10)9-5-3-4-6-9/h8-11,17H,3-7H2,1-2H3. The monoisotopic (exact) mass is 278 g/mol. The van der Waals surface area contributed by atoms with Gasteiger partial charge in [0.1, 0.15) is 6.54 Å². The van der Waals surface area contributed by atoms with Crippen LogP contribution in [0.15, 0.2) is 0 Å². The van der Waals surface area contributed by atoms with Crippen molar-refractivity contribution < 1.29 is 18.0 Å². The topological polar surface area (TPSA) is 32.3 Å². The first-order valence-electron chi connectivity index (χ1n) is 6.93. The van der Waals surface area contributed by atoms with Gasteiger partial charge in [-0.05, 0) is 24.7 Å². The summed E-state index contributed by atoms with van der Waals surface area (Å²) in [6.07, 6.45) is -0.870. The van der Waals surface area contributed by atoms with E-state index in [1.54, 1.807) is 0 Å². The van der Waals surface area contributed by atoms with Crippen LogP contribution in [0.4, 0.5) is 13.2 Å². The molecular weight excluding hydrogens is 257 g/mol. The van der Waals surface area contributed by atoms with Crippen molar-refractivity contribution >= 4 is 5.91 Å². The number of nitrogens with zero attached hydrogens (tertiary/aromatic N) is 1. The molecule has 3 nitrogen and oxygen atoms in total. The third kappa shape index (κ3) is 3.22. The van der Waals surface area contributed by atoms with Crippen LogP contribution in [0, 0.1) is 11.8 Å². The van der Waals surface area contributed by atoms with E-state index in [0.29, 0.717) is 0 Å². The summed E-state index contributed by atoms with van der Waals surface area (Å²) < 4.78 is 37.9. The Balaban J connectivity index is 2.15. The van der Waals surface area contributed by atoms with Gasteiger partial charge in [0.25, 0.3) is 0 Å². The van der Waals surface area contributed by atoms with Gasteiger partial charge in [-0.1, -0.05) is 26.7 Å². The van der Waals surface area contributed by atoms with Crippen molar-refractivity contribution in [2.24, 2.45) is 11.8 Å². The van der Waals surface area contributed by atoms with E-state index in [1.165, 1.54) is 0 Å². The van der Waals surface area contributed by atoms with Crippen molar-refractivity contribution in [3.8, 4) is 0 Å². The van der Waals surface area contributed by atoms with Crippen molar-refractivity contribution in [1.82, 2.24) is 10.2 Å². The van der Waals surface area contributed by atoms with Gasteiger partial charge in [-0.15, -0.1) is 0 Å². The maximum atomic E-state index is 12.6. The van der Waals surface area contributed by atoms with E-state index in [1.807, 2.05) is 13.8 Å². The van der Waals surface area contributed by atoms with Crippen LogP contribution < -0.4 is 5.32 Å². The molecule has 0 spiro atoms. The largest absolute Gasteiger partial charge is 0.406 e. The molecule has 2 unspecified atom stereocenters. The van der Waals surface area contributed by atoms with E-state index >= 15 is 0 Å². The molecule has 6 heteroatoms. The first-order valence-corrected chi connectivity index (χ1v) is 6.93. The Bertz CT molecular complexity index is 337. The molecule has 1 aliphatic carbocycles. The highest BCUT2D eigenvalue weighted by molar-refractivity contribution is 5.84. The minimum absolute atomic E-state index is 0.00892. The van der Waals surface area contributed by atoms with Crippen LogP contribution in [-0.2, 0) is 4.79 Å². The predicted molar refractivity (Wildman–Crippen MR) is 65.3 cm³/mol. The van der Waals surface area contributed by atoms with E-state index in [9.17, 15) is 18.0 Å². The Hall–Kier alpha value is -0.780. The molecule has 110 valence electrons. The van der Waals surface area contributed by atoms with E-state index in [2.05, 4.69) is 5.32 Å². The number of halogens is 3. The number of carbonyl (C=O) groups excluding carboxylic acids is 1. The highest BCUT2D eigenvalue weighted by atomic mass is 19.4. The van der Waals surface area contributed by atoms with Crippen molar-refractivity contribution in [2.75, 3.05) is 6.54 Å². The average Bonchev–Trinajstić information content (AvgIpc) is 2.86. The van der Waals surface area contributed by atoms with Gasteiger partial charge < -0.3 is 4.90 Å². The normalized spacial score (nSPS) is 29.8. The van der Waals surface area contributed by atoms with Gasteiger partial charge in [-0.25, -0.2) is 0 Å². The second kappa shape index (κ2) is 5.31. The van der Waals surface area contributed by atoms with E-state index in [4.69, 9.17) is 0 Å². The summed E-state index contributed by atoms with van der Waals surface area (Å²) in [6.45, 7) is 2.58. The number of nitrogens with one attached hydrogen (secondary N) is 1. The van der Waals surface area contributed by atoms with Crippen molar-refractivity contribution in [3.05, 3.63) is 0 Å². The van der Waals surface area contributed by atoms with Gasteiger partial charge in [0.2, 0.25) is 5.91 Å². The van der Waals surface area contributed by atoms with Crippen molar-refractivity contribution in [2.45, 2.75) is 57.9 Å². The summed E-state index contributed by atoms with van der Waals surface area (Å²) in [5.74, 6) is -0.228. The maximum absolute atomic E-state index is 12.6. The third-order valence-corrected chi connectivity index (χ3v) is 4.10. The Kier molecular flexibility index (Phi) is 4.08. The zero-order valence-electron chi connectivity index (χ0n) is 11.3.